The second-order valence-corrected chi connectivity index (χ2v) is 7.00. The lowest BCUT2D eigenvalue weighted by molar-refractivity contribution is -0.132. The minimum absolute atomic E-state index is 0.0171. The van der Waals surface area contributed by atoms with E-state index < -0.39 is 6.09 Å². The summed E-state index contributed by atoms with van der Waals surface area (Å²) in [6, 6.07) is 5.26. The van der Waals surface area contributed by atoms with Gasteiger partial charge in [-0.2, -0.15) is 0 Å². The van der Waals surface area contributed by atoms with E-state index in [1.165, 1.54) is 17.1 Å². The van der Waals surface area contributed by atoms with Gasteiger partial charge in [0.05, 0.1) is 17.8 Å². The lowest BCUT2D eigenvalue weighted by Gasteiger charge is -2.33. The van der Waals surface area contributed by atoms with E-state index >= 15 is 0 Å². The molecule has 2 aromatic heterocycles. The lowest BCUT2D eigenvalue weighted by atomic mass is 9.99. The molecule has 1 amide bonds. The number of carboxylic acid groups (broad SMARTS) is 1. The third-order valence-corrected chi connectivity index (χ3v) is 5.26. The van der Waals surface area contributed by atoms with Crippen molar-refractivity contribution in [1.29, 1.82) is 0 Å². The summed E-state index contributed by atoms with van der Waals surface area (Å²) in [5, 5.41) is 10.1. The van der Waals surface area contributed by atoms with E-state index in [2.05, 4.69) is 9.97 Å². The zero-order chi connectivity index (χ0) is 20.0. The fraction of sp³-hybridized carbons (Fsp3) is 0.300. The normalized spacial score (nSPS) is 16.1. The van der Waals surface area contributed by atoms with Gasteiger partial charge in [-0.3, -0.25) is 9.36 Å². The third kappa shape index (κ3) is 2.87. The van der Waals surface area contributed by atoms with E-state index in [0.29, 0.717) is 30.1 Å². The van der Waals surface area contributed by atoms with Crippen LogP contribution >= 0.6 is 0 Å². The highest BCUT2D eigenvalue weighted by molar-refractivity contribution is 5.92. The maximum atomic E-state index is 11.8. The summed E-state index contributed by atoms with van der Waals surface area (Å²) in [6.45, 7) is 5.87. The number of nitrogens with zero attached hydrogens (tertiary/aromatic N) is 4. The van der Waals surface area contributed by atoms with E-state index in [0.717, 1.165) is 22.2 Å². The highest BCUT2D eigenvalue weighted by atomic mass is 16.5. The first-order valence-corrected chi connectivity index (χ1v) is 8.98. The molecule has 28 heavy (non-hydrogen) atoms. The van der Waals surface area contributed by atoms with Crippen LogP contribution in [0.15, 0.2) is 30.7 Å². The van der Waals surface area contributed by atoms with E-state index in [-0.39, 0.29) is 11.9 Å². The molecule has 144 valence electrons. The molecular formula is C20H20N4O4. The van der Waals surface area contributed by atoms with Gasteiger partial charge in [-0.1, -0.05) is 0 Å². The van der Waals surface area contributed by atoms with Crippen LogP contribution in [-0.2, 0) is 17.8 Å². The highest BCUT2D eigenvalue weighted by Gasteiger charge is 2.29. The molecule has 1 N–H and O–H groups in total. The van der Waals surface area contributed by atoms with Crippen LogP contribution in [0.5, 0.6) is 11.6 Å². The van der Waals surface area contributed by atoms with Crippen LogP contribution in [0.1, 0.15) is 30.7 Å². The average Bonchev–Trinajstić information content (AvgIpc) is 3.09. The molecule has 4 rings (SSSR count). The zero-order valence-corrected chi connectivity index (χ0v) is 15.8. The summed E-state index contributed by atoms with van der Waals surface area (Å²) >= 11 is 0. The molecule has 3 aromatic rings. The number of aromatic nitrogens is 3. The summed E-state index contributed by atoms with van der Waals surface area (Å²) in [5.41, 5.74) is 3.12. The van der Waals surface area contributed by atoms with Crippen LogP contribution in [0.25, 0.3) is 10.9 Å². The lowest BCUT2D eigenvalue weighted by Crippen LogP contribution is -2.41. The van der Waals surface area contributed by atoms with Crippen LogP contribution in [0.2, 0.25) is 0 Å². The first kappa shape index (κ1) is 18.0. The van der Waals surface area contributed by atoms with Gasteiger partial charge in [0.1, 0.15) is 12.1 Å². The molecule has 0 saturated carbocycles. The predicted molar refractivity (Wildman–Crippen MR) is 102 cm³/mol. The van der Waals surface area contributed by atoms with Crippen molar-refractivity contribution in [3.8, 4) is 11.6 Å². The van der Waals surface area contributed by atoms with Gasteiger partial charge >= 0.3 is 6.09 Å². The van der Waals surface area contributed by atoms with Crippen molar-refractivity contribution < 1.29 is 19.4 Å². The van der Waals surface area contributed by atoms with Gasteiger partial charge in [-0.15, -0.1) is 0 Å². The molecule has 1 aliphatic heterocycles. The molecule has 0 saturated heterocycles. The van der Waals surface area contributed by atoms with Crippen molar-refractivity contribution in [2.24, 2.45) is 0 Å². The molecule has 1 aliphatic rings. The second kappa shape index (κ2) is 6.63. The number of rotatable bonds is 2. The smallest absolute Gasteiger partial charge is 0.415 e. The number of hydrogen-bond donors (Lipinski definition) is 1. The highest BCUT2D eigenvalue weighted by Crippen LogP contribution is 2.34. The third-order valence-electron chi connectivity index (χ3n) is 5.26. The fourth-order valence-electron chi connectivity index (χ4n) is 3.73. The number of aryl methyl sites for hydroxylation is 1. The Kier molecular flexibility index (Phi) is 4.26. The SMILES string of the molecule is CC(=O)N1Cc2ncnc(Oc3ccc4c(ccn4C(=O)O)c3C)c2CC1C. The Morgan fingerprint density at radius 1 is 1.25 bits per heavy atom. The summed E-state index contributed by atoms with van der Waals surface area (Å²) in [5.74, 6) is 1.10. The van der Waals surface area contributed by atoms with Crippen molar-refractivity contribution in [1.82, 2.24) is 19.4 Å². The van der Waals surface area contributed by atoms with Crippen LogP contribution in [0, 0.1) is 6.92 Å². The molecule has 1 atom stereocenters. The van der Waals surface area contributed by atoms with Crippen molar-refractivity contribution >= 4 is 22.9 Å². The van der Waals surface area contributed by atoms with Crippen molar-refractivity contribution in [2.75, 3.05) is 0 Å². The average molecular weight is 380 g/mol. The number of amides is 1. The van der Waals surface area contributed by atoms with E-state index in [4.69, 9.17) is 4.74 Å². The second-order valence-electron chi connectivity index (χ2n) is 7.00. The van der Waals surface area contributed by atoms with Gasteiger partial charge in [0.15, 0.2) is 0 Å². The topological polar surface area (TPSA) is 97.6 Å². The molecule has 8 heteroatoms. The maximum Gasteiger partial charge on any atom is 0.415 e. The van der Waals surface area contributed by atoms with Gasteiger partial charge in [0.25, 0.3) is 0 Å². The molecule has 0 spiro atoms. The number of ether oxygens (including phenoxy) is 1. The van der Waals surface area contributed by atoms with Crippen molar-refractivity contribution in [3.63, 3.8) is 0 Å². The Labute approximate surface area is 161 Å². The monoisotopic (exact) mass is 380 g/mol. The maximum absolute atomic E-state index is 11.8. The molecule has 0 bridgehead atoms. The Hall–Kier alpha value is -3.42. The van der Waals surface area contributed by atoms with Gasteiger partial charge in [-0.05, 0) is 38.5 Å². The molecule has 1 aromatic carbocycles. The standard InChI is InChI=1S/C20H20N4O4/c1-11-8-15-16(9-24(11)13(3)25)21-10-22-19(15)28-18-5-4-17-14(12(18)2)6-7-23(17)20(26)27/h4-7,10-11H,8-9H2,1-3H3,(H,26,27). The van der Waals surface area contributed by atoms with Crippen LogP contribution in [0.3, 0.4) is 0 Å². The fourth-order valence-corrected chi connectivity index (χ4v) is 3.73. The number of fused-ring (bicyclic) bond motifs is 2. The summed E-state index contributed by atoms with van der Waals surface area (Å²) in [7, 11) is 0. The number of benzene rings is 1. The first-order valence-electron chi connectivity index (χ1n) is 8.98. The number of carbonyl (C=O) groups is 2. The minimum Gasteiger partial charge on any atom is -0.464 e. The minimum atomic E-state index is -1.03. The summed E-state index contributed by atoms with van der Waals surface area (Å²) in [6.07, 6.45) is 2.55. The number of hydrogen-bond acceptors (Lipinski definition) is 5. The first-order chi connectivity index (χ1) is 13.4. The molecule has 0 fully saturated rings. The predicted octanol–water partition coefficient (Wildman–Crippen LogP) is 3.35. The van der Waals surface area contributed by atoms with E-state index in [1.54, 1.807) is 30.0 Å². The summed E-state index contributed by atoms with van der Waals surface area (Å²) in [4.78, 5) is 33.6. The molecule has 3 heterocycles. The summed E-state index contributed by atoms with van der Waals surface area (Å²) < 4.78 is 7.30. The Morgan fingerprint density at radius 3 is 2.75 bits per heavy atom. The largest absolute Gasteiger partial charge is 0.464 e. The Balaban J connectivity index is 1.71. The van der Waals surface area contributed by atoms with Crippen molar-refractivity contribution in [2.45, 2.75) is 39.8 Å². The molecular weight excluding hydrogens is 360 g/mol. The Morgan fingerprint density at radius 2 is 2.04 bits per heavy atom. The van der Waals surface area contributed by atoms with Crippen LogP contribution in [0.4, 0.5) is 4.79 Å². The molecule has 1 unspecified atom stereocenters. The zero-order valence-electron chi connectivity index (χ0n) is 15.8. The molecule has 0 aliphatic carbocycles. The quantitative estimate of drug-likeness (QED) is 0.732. The van der Waals surface area contributed by atoms with Gasteiger partial charge < -0.3 is 14.7 Å². The van der Waals surface area contributed by atoms with Crippen molar-refractivity contribution in [3.05, 3.63) is 47.5 Å². The van der Waals surface area contributed by atoms with E-state index in [9.17, 15) is 14.7 Å². The van der Waals surface area contributed by atoms with Gasteiger partial charge in [-0.25, -0.2) is 14.8 Å². The van der Waals surface area contributed by atoms with Crippen LogP contribution in [-0.4, -0.2) is 42.6 Å². The Bertz CT molecular complexity index is 1110. The van der Waals surface area contributed by atoms with Crippen LogP contribution < -0.4 is 4.74 Å². The molecule has 0 radical (unpaired) electrons. The van der Waals surface area contributed by atoms with E-state index in [1.807, 2.05) is 13.8 Å². The number of carbonyl (C=O) groups excluding carboxylic acids is 1. The van der Waals surface area contributed by atoms with Gasteiger partial charge in [0.2, 0.25) is 11.8 Å². The molecule has 8 nitrogen and oxygen atoms in total. The van der Waals surface area contributed by atoms with Gasteiger partial charge in [0, 0.05) is 35.7 Å².